The number of benzene rings is 2. The van der Waals surface area contributed by atoms with Gasteiger partial charge in [-0.05, 0) is 31.0 Å². The van der Waals surface area contributed by atoms with E-state index in [1.54, 1.807) is 19.2 Å². The third-order valence-electron chi connectivity index (χ3n) is 4.34. The Morgan fingerprint density at radius 2 is 1.90 bits per heavy atom. The molecule has 0 fully saturated rings. The number of hydrogen-bond acceptors (Lipinski definition) is 7. The van der Waals surface area contributed by atoms with Gasteiger partial charge < -0.3 is 14.8 Å². The average Bonchev–Trinajstić information content (AvgIpc) is 3.17. The van der Waals surface area contributed by atoms with Gasteiger partial charge in [-0.1, -0.05) is 30.3 Å². The first kappa shape index (κ1) is 22.0. The third kappa shape index (κ3) is 5.26. The number of non-ortho nitro benzene ring substituents is 1. The predicted molar refractivity (Wildman–Crippen MR) is 118 cm³/mol. The molecule has 0 aliphatic heterocycles. The van der Waals surface area contributed by atoms with Crippen molar-refractivity contribution in [2.24, 2.45) is 0 Å². The van der Waals surface area contributed by atoms with Crippen molar-refractivity contribution in [3.05, 3.63) is 75.2 Å². The Bertz CT molecular complexity index is 1110. The van der Waals surface area contributed by atoms with Crippen molar-refractivity contribution < 1.29 is 24.0 Å². The molecule has 160 valence electrons. The lowest BCUT2D eigenvalue weighted by Crippen LogP contribution is -2.21. The van der Waals surface area contributed by atoms with Crippen LogP contribution in [0.1, 0.15) is 22.8 Å². The monoisotopic (exact) mass is 440 g/mol. The lowest BCUT2D eigenvalue weighted by molar-refractivity contribution is -0.384. The van der Waals surface area contributed by atoms with E-state index in [4.69, 9.17) is 9.47 Å². The van der Waals surface area contributed by atoms with E-state index >= 15 is 0 Å². The van der Waals surface area contributed by atoms with Gasteiger partial charge in [0.1, 0.15) is 16.3 Å². The van der Waals surface area contributed by atoms with Crippen LogP contribution in [-0.4, -0.2) is 30.0 Å². The number of carbonyl (C=O) groups excluding carboxylic acids is 2. The molecule has 0 radical (unpaired) electrons. The highest BCUT2D eigenvalue weighted by Crippen LogP contribution is 2.36. The van der Waals surface area contributed by atoms with Crippen molar-refractivity contribution in [1.82, 2.24) is 0 Å². The summed E-state index contributed by atoms with van der Waals surface area (Å²) >= 11 is 1.22. The molecule has 0 aliphatic rings. The smallest absolute Gasteiger partial charge is 0.341 e. The largest absolute Gasteiger partial charge is 0.483 e. The maximum absolute atomic E-state index is 12.6. The molecule has 1 heterocycles. The fourth-order valence-corrected chi connectivity index (χ4v) is 3.87. The Morgan fingerprint density at radius 1 is 1.16 bits per heavy atom. The Labute approximate surface area is 182 Å². The average molecular weight is 440 g/mol. The molecule has 2 aromatic carbocycles. The molecule has 0 unspecified atom stereocenters. The fraction of sp³-hybridized carbons (Fsp3) is 0.182. The van der Waals surface area contributed by atoms with Crippen molar-refractivity contribution in [2.45, 2.75) is 13.8 Å². The van der Waals surface area contributed by atoms with Crippen molar-refractivity contribution in [3.8, 4) is 16.9 Å². The molecule has 3 aromatic rings. The summed E-state index contributed by atoms with van der Waals surface area (Å²) in [7, 11) is 0. The Balaban J connectivity index is 1.76. The summed E-state index contributed by atoms with van der Waals surface area (Å²) in [6, 6.07) is 13.5. The number of nitro benzene ring substituents is 1. The number of aryl methyl sites for hydroxylation is 1. The topological polar surface area (TPSA) is 108 Å². The highest BCUT2D eigenvalue weighted by Gasteiger charge is 2.23. The molecule has 1 aromatic heterocycles. The summed E-state index contributed by atoms with van der Waals surface area (Å²) in [4.78, 5) is 35.4. The van der Waals surface area contributed by atoms with Gasteiger partial charge in [0.25, 0.3) is 11.6 Å². The van der Waals surface area contributed by atoms with Gasteiger partial charge in [-0.2, -0.15) is 0 Å². The number of ether oxygens (including phenoxy) is 2. The quantitative estimate of drug-likeness (QED) is 0.305. The van der Waals surface area contributed by atoms with Crippen LogP contribution in [-0.2, 0) is 9.53 Å². The van der Waals surface area contributed by atoms with Gasteiger partial charge >= 0.3 is 5.97 Å². The zero-order chi connectivity index (χ0) is 22.4. The predicted octanol–water partition coefficient (Wildman–Crippen LogP) is 4.83. The second kappa shape index (κ2) is 9.86. The molecular formula is C22H20N2O6S. The number of rotatable bonds is 8. The number of anilines is 1. The summed E-state index contributed by atoms with van der Waals surface area (Å²) in [5.41, 5.74) is 2.28. The van der Waals surface area contributed by atoms with Gasteiger partial charge in [-0.15, -0.1) is 11.3 Å². The van der Waals surface area contributed by atoms with Crippen LogP contribution < -0.4 is 10.1 Å². The Hall–Kier alpha value is -3.72. The molecule has 0 saturated heterocycles. The molecule has 0 bridgehead atoms. The Morgan fingerprint density at radius 3 is 2.55 bits per heavy atom. The van der Waals surface area contributed by atoms with Crippen LogP contribution in [0.2, 0.25) is 0 Å². The van der Waals surface area contributed by atoms with Crippen molar-refractivity contribution in [2.75, 3.05) is 18.5 Å². The van der Waals surface area contributed by atoms with E-state index < -0.39 is 16.8 Å². The molecule has 0 saturated carbocycles. The number of nitro groups is 1. The first-order chi connectivity index (χ1) is 14.9. The lowest BCUT2D eigenvalue weighted by atomic mass is 10.0. The summed E-state index contributed by atoms with van der Waals surface area (Å²) in [5, 5.41) is 15.7. The van der Waals surface area contributed by atoms with Crippen LogP contribution in [0.15, 0.2) is 53.9 Å². The second-order valence-corrected chi connectivity index (χ2v) is 7.36. The second-order valence-electron chi connectivity index (χ2n) is 6.48. The molecule has 0 atom stereocenters. The first-order valence-corrected chi connectivity index (χ1v) is 10.3. The molecule has 1 amide bonds. The minimum absolute atomic E-state index is 0.0552. The SMILES string of the molecule is CCOC(=O)c1c(-c2ccccc2)csc1NC(=O)COc1ccc([N+](=O)[O-])cc1C. The first-order valence-electron chi connectivity index (χ1n) is 9.42. The fourth-order valence-electron chi connectivity index (χ4n) is 2.90. The number of nitrogens with one attached hydrogen (secondary N) is 1. The zero-order valence-electron chi connectivity index (χ0n) is 16.9. The molecule has 8 nitrogen and oxygen atoms in total. The molecule has 3 rings (SSSR count). The minimum atomic E-state index is -0.523. The molecule has 31 heavy (non-hydrogen) atoms. The number of esters is 1. The number of thiophene rings is 1. The van der Waals surface area contributed by atoms with Gasteiger partial charge in [0, 0.05) is 23.1 Å². The molecule has 0 spiro atoms. The summed E-state index contributed by atoms with van der Waals surface area (Å²) in [6.45, 7) is 3.26. The van der Waals surface area contributed by atoms with E-state index in [0.29, 0.717) is 21.9 Å². The highest BCUT2D eigenvalue weighted by molar-refractivity contribution is 7.15. The van der Waals surface area contributed by atoms with Crippen molar-refractivity contribution >= 4 is 33.9 Å². The molecule has 9 heteroatoms. The van der Waals surface area contributed by atoms with Crippen LogP contribution in [0, 0.1) is 17.0 Å². The standard InChI is InChI=1S/C22H20N2O6S/c1-3-29-22(26)20-17(15-7-5-4-6-8-15)13-31-21(20)23-19(25)12-30-18-10-9-16(24(27)28)11-14(18)2/h4-11,13H,3,12H2,1-2H3,(H,23,25). The van der Waals surface area contributed by atoms with Crippen LogP contribution in [0.25, 0.3) is 11.1 Å². The van der Waals surface area contributed by atoms with Gasteiger partial charge in [-0.25, -0.2) is 4.79 Å². The maximum atomic E-state index is 12.6. The van der Waals surface area contributed by atoms with Crippen molar-refractivity contribution in [3.63, 3.8) is 0 Å². The van der Waals surface area contributed by atoms with Gasteiger partial charge in [0.2, 0.25) is 0 Å². The van der Waals surface area contributed by atoms with Gasteiger partial charge in [0.15, 0.2) is 6.61 Å². The van der Waals surface area contributed by atoms with Crippen molar-refractivity contribution in [1.29, 1.82) is 0 Å². The van der Waals surface area contributed by atoms with Crippen LogP contribution >= 0.6 is 11.3 Å². The summed E-state index contributed by atoms with van der Waals surface area (Å²) in [6.07, 6.45) is 0. The van der Waals surface area contributed by atoms with Crippen LogP contribution in [0.3, 0.4) is 0 Å². The number of nitrogens with zero attached hydrogens (tertiary/aromatic N) is 1. The third-order valence-corrected chi connectivity index (χ3v) is 5.23. The van der Waals surface area contributed by atoms with E-state index in [2.05, 4.69) is 5.32 Å². The lowest BCUT2D eigenvalue weighted by Gasteiger charge is -2.10. The normalized spacial score (nSPS) is 10.4. The number of carbonyl (C=O) groups is 2. The van der Waals surface area contributed by atoms with Gasteiger partial charge in [0.05, 0.1) is 11.5 Å². The summed E-state index contributed by atoms with van der Waals surface area (Å²) < 4.78 is 10.7. The highest BCUT2D eigenvalue weighted by atomic mass is 32.1. The van der Waals surface area contributed by atoms with E-state index in [0.717, 1.165) is 5.56 Å². The molecule has 1 N–H and O–H groups in total. The Kier molecular flexibility index (Phi) is 6.99. The van der Waals surface area contributed by atoms with E-state index in [1.165, 1.54) is 29.5 Å². The van der Waals surface area contributed by atoms with Crippen LogP contribution in [0.5, 0.6) is 5.75 Å². The molecule has 0 aliphatic carbocycles. The minimum Gasteiger partial charge on any atom is -0.483 e. The zero-order valence-corrected chi connectivity index (χ0v) is 17.7. The van der Waals surface area contributed by atoms with E-state index in [9.17, 15) is 19.7 Å². The number of hydrogen-bond donors (Lipinski definition) is 1. The van der Waals surface area contributed by atoms with Crippen LogP contribution in [0.4, 0.5) is 10.7 Å². The maximum Gasteiger partial charge on any atom is 0.341 e. The van der Waals surface area contributed by atoms with Gasteiger partial charge in [-0.3, -0.25) is 14.9 Å². The van der Waals surface area contributed by atoms with E-state index in [-0.39, 0.29) is 24.5 Å². The summed E-state index contributed by atoms with van der Waals surface area (Å²) in [5.74, 6) is -0.627. The van der Waals surface area contributed by atoms with E-state index in [1.807, 2.05) is 30.3 Å². The number of amides is 1. The molecular weight excluding hydrogens is 420 g/mol.